The average Bonchev–Trinajstić information content (AvgIpc) is 2.80. The fraction of sp³-hybridized carbons (Fsp3) is 0.167. The monoisotopic (exact) mass is 246 g/mol. The van der Waals surface area contributed by atoms with Crippen molar-refractivity contribution in [3.63, 3.8) is 0 Å². The van der Waals surface area contributed by atoms with Crippen molar-refractivity contribution >= 4 is 17.4 Å². The van der Waals surface area contributed by atoms with Gasteiger partial charge in [0, 0.05) is 17.3 Å². The van der Waals surface area contributed by atoms with E-state index in [-0.39, 0.29) is 17.3 Å². The molecule has 94 valence electrons. The maximum Gasteiger partial charge on any atom is 0.257 e. The van der Waals surface area contributed by atoms with Crippen LogP contribution >= 0.6 is 0 Å². The lowest BCUT2D eigenvalue weighted by molar-refractivity contribution is 0.102. The number of aromatic amines is 1. The molecule has 0 aliphatic rings. The molecule has 0 saturated carbocycles. The van der Waals surface area contributed by atoms with Crippen LogP contribution in [0.5, 0.6) is 5.75 Å². The molecule has 0 unspecified atom stereocenters. The summed E-state index contributed by atoms with van der Waals surface area (Å²) in [6.45, 7) is 1.98. The normalized spacial score (nSPS) is 10.3. The van der Waals surface area contributed by atoms with Crippen LogP contribution in [0, 0.1) is 0 Å². The highest BCUT2D eigenvalue weighted by molar-refractivity contribution is 6.04. The summed E-state index contributed by atoms with van der Waals surface area (Å²) >= 11 is 0. The zero-order chi connectivity index (χ0) is 13.1. The van der Waals surface area contributed by atoms with Crippen molar-refractivity contribution in [1.82, 2.24) is 10.2 Å². The summed E-state index contributed by atoms with van der Waals surface area (Å²) in [5.74, 6) is -0.00783. The van der Waals surface area contributed by atoms with Crippen molar-refractivity contribution in [2.45, 2.75) is 13.3 Å². The van der Waals surface area contributed by atoms with Crippen molar-refractivity contribution < 1.29 is 9.90 Å². The molecule has 0 fully saturated rings. The first-order valence-electron chi connectivity index (χ1n) is 5.54. The first-order chi connectivity index (χ1) is 8.60. The number of aromatic nitrogens is 2. The Morgan fingerprint density at radius 2 is 2.28 bits per heavy atom. The molecule has 1 amide bonds. The van der Waals surface area contributed by atoms with Crippen molar-refractivity contribution in [2.75, 3.05) is 11.1 Å². The lowest BCUT2D eigenvalue weighted by Gasteiger charge is -2.03. The van der Waals surface area contributed by atoms with Gasteiger partial charge in [-0.15, -0.1) is 0 Å². The molecule has 1 aromatic carbocycles. The smallest absolute Gasteiger partial charge is 0.257 e. The van der Waals surface area contributed by atoms with Gasteiger partial charge in [0.2, 0.25) is 0 Å². The third-order valence-electron chi connectivity index (χ3n) is 2.55. The second-order valence-corrected chi connectivity index (χ2v) is 3.86. The lowest BCUT2D eigenvalue weighted by atomic mass is 10.2. The Morgan fingerprint density at radius 3 is 2.89 bits per heavy atom. The molecule has 1 aromatic heterocycles. The number of phenols is 1. The van der Waals surface area contributed by atoms with Gasteiger partial charge in [0.15, 0.2) is 5.82 Å². The van der Waals surface area contributed by atoms with Gasteiger partial charge in [0.1, 0.15) is 5.75 Å². The maximum absolute atomic E-state index is 11.9. The van der Waals surface area contributed by atoms with Crippen LogP contribution in [0.2, 0.25) is 0 Å². The summed E-state index contributed by atoms with van der Waals surface area (Å²) in [5, 5.41) is 18.8. The van der Waals surface area contributed by atoms with E-state index in [0.717, 1.165) is 12.1 Å². The minimum atomic E-state index is -0.348. The molecule has 6 nitrogen and oxygen atoms in total. The Labute approximate surface area is 104 Å². The first-order valence-corrected chi connectivity index (χ1v) is 5.54. The number of H-pyrrole nitrogens is 1. The zero-order valence-electron chi connectivity index (χ0n) is 9.90. The van der Waals surface area contributed by atoms with Crippen molar-refractivity contribution in [3.8, 4) is 5.75 Å². The van der Waals surface area contributed by atoms with Gasteiger partial charge in [0.25, 0.3) is 5.91 Å². The Hall–Kier alpha value is -2.50. The van der Waals surface area contributed by atoms with Gasteiger partial charge in [0.05, 0.1) is 5.69 Å². The van der Waals surface area contributed by atoms with Gasteiger partial charge >= 0.3 is 0 Å². The van der Waals surface area contributed by atoms with E-state index in [0.29, 0.717) is 11.4 Å². The molecule has 0 bridgehead atoms. The molecule has 0 atom stereocenters. The van der Waals surface area contributed by atoms with E-state index in [1.165, 1.54) is 18.2 Å². The van der Waals surface area contributed by atoms with E-state index >= 15 is 0 Å². The van der Waals surface area contributed by atoms with Crippen LogP contribution in [-0.2, 0) is 6.42 Å². The predicted molar refractivity (Wildman–Crippen MR) is 68.4 cm³/mol. The summed E-state index contributed by atoms with van der Waals surface area (Å²) in [7, 11) is 0. The molecular formula is C12H14N4O2. The summed E-state index contributed by atoms with van der Waals surface area (Å²) < 4.78 is 0. The summed E-state index contributed by atoms with van der Waals surface area (Å²) in [6.07, 6.45) is 0.811. The van der Waals surface area contributed by atoms with Crippen molar-refractivity contribution in [1.29, 1.82) is 0 Å². The van der Waals surface area contributed by atoms with Gasteiger partial charge in [-0.25, -0.2) is 0 Å². The molecule has 1 heterocycles. The summed E-state index contributed by atoms with van der Waals surface area (Å²) in [6, 6.07) is 6.09. The minimum absolute atomic E-state index is 0.112. The second kappa shape index (κ2) is 4.79. The van der Waals surface area contributed by atoms with Crippen LogP contribution in [0.3, 0.4) is 0 Å². The number of nitrogens with two attached hydrogens (primary N) is 1. The van der Waals surface area contributed by atoms with Crippen LogP contribution in [0.1, 0.15) is 23.0 Å². The van der Waals surface area contributed by atoms with Gasteiger partial charge in [-0.1, -0.05) is 6.92 Å². The number of carbonyl (C=O) groups excluding carboxylic acids is 1. The molecular weight excluding hydrogens is 232 g/mol. The molecule has 0 spiro atoms. The second-order valence-electron chi connectivity index (χ2n) is 3.86. The predicted octanol–water partition coefficient (Wildman–Crippen LogP) is 1.51. The van der Waals surface area contributed by atoms with Crippen LogP contribution in [0.4, 0.5) is 11.5 Å². The summed E-state index contributed by atoms with van der Waals surface area (Å²) in [4.78, 5) is 11.9. The first kappa shape index (κ1) is 12.0. The Bertz CT molecular complexity index is 577. The number of amides is 1. The molecule has 6 heteroatoms. The van der Waals surface area contributed by atoms with Gasteiger partial charge < -0.3 is 16.2 Å². The van der Waals surface area contributed by atoms with E-state index in [2.05, 4.69) is 15.5 Å². The highest BCUT2D eigenvalue weighted by Crippen LogP contribution is 2.21. The SMILES string of the molecule is CCc1cc(NC(=O)c2ccc(N)c(O)c2)n[nH]1. The zero-order valence-corrected chi connectivity index (χ0v) is 9.90. The van der Waals surface area contributed by atoms with Crippen LogP contribution < -0.4 is 11.1 Å². The number of rotatable bonds is 3. The van der Waals surface area contributed by atoms with Gasteiger partial charge in [-0.2, -0.15) is 5.10 Å². The van der Waals surface area contributed by atoms with Crippen LogP contribution in [0.25, 0.3) is 0 Å². The third-order valence-corrected chi connectivity index (χ3v) is 2.55. The molecule has 18 heavy (non-hydrogen) atoms. The fourth-order valence-corrected chi connectivity index (χ4v) is 1.48. The Balaban J connectivity index is 2.14. The summed E-state index contributed by atoms with van der Waals surface area (Å²) in [5.41, 5.74) is 6.96. The molecule has 0 radical (unpaired) electrons. The van der Waals surface area contributed by atoms with E-state index in [1.807, 2.05) is 6.92 Å². The highest BCUT2D eigenvalue weighted by atomic mass is 16.3. The minimum Gasteiger partial charge on any atom is -0.506 e. The van der Waals surface area contributed by atoms with Gasteiger partial charge in [-0.05, 0) is 24.6 Å². The van der Waals surface area contributed by atoms with Gasteiger partial charge in [-0.3, -0.25) is 9.89 Å². The lowest BCUT2D eigenvalue weighted by Crippen LogP contribution is -2.12. The number of aryl methyl sites for hydroxylation is 1. The van der Waals surface area contributed by atoms with Crippen LogP contribution in [0.15, 0.2) is 24.3 Å². The van der Waals surface area contributed by atoms with Crippen molar-refractivity contribution in [3.05, 3.63) is 35.5 Å². The number of benzene rings is 1. The number of hydrogen-bond acceptors (Lipinski definition) is 4. The number of carbonyl (C=O) groups is 1. The Morgan fingerprint density at radius 1 is 1.50 bits per heavy atom. The number of nitrogens with one attached hydrogen (secondary N) is 2. The number of hydrogen-bond donors (Lipinski definition) is 4. The number of nitrogen functional groups attached to an aromatic ring is 1. The number of nitrogens with zero attached hydrogens (tertiary/aromatic N) is 1. The number of phenolic OH excluding ortho intramolecular Hbond substituents is 1. The quantitative estimate of drug-likeness (QED) is 0.486. The average molecular weight is 246 g/mol. The standard InChI is InChI=1S/C12H14N4O2/c1-2-8-6-11(16-15-8)14-12(18)7-3-4-9(13)10(17)5-7/h3-6,17H,2,13H2,1H3,(H2,14,15,16,18). The van der Waals surface area contributed by atoms with E-state index < -0.39 is 0 Å². The number of anilines is 2. The molecule has 5 N–H and O–H groups in total. The Kier molecular flexibility index (Phi) is 3.18. The van der Waals surface area contributed by atoms with E-state index in [1.54, 1.807) is 6.07 Å². The molecule has 0 saturated heterocycles. The van der Waals surface area contributed by atoms with E-state index in [4.69, 9.17) is 5.73 Å². The molecule has 0 aliphatic carbocycles. The van der Waals surface area contributed by atoms with Crippen LogP contribution in [-0.4, -0.2) is 21.2 Å². The third kappa shape index (κ3) is 2.42. The molecule has 2 rings (SSSR count). The molecule has 2 aromatic rings. The topological polar surface area (TPSA) is 104 Å². The fourth-order valence-electron chi connectivity index (χ4n) is 1.48. The largest absolute Gasteiger partial charge is 0.506 e. The number of aromatic hydroxyl groups is 1. The van der Waals surface area contributed by atoms with E-state index in [9.17, 15) is 9.90 Å². The highest BCUT2D eigenvalue weighted by Gasteiger charge is 2.10. The molecule has 0 aliphatic heterocycles. The maximum atomic E-state index is 11.9. The van der Waals surface area contributed by atoms with Crippen molar-refractivity contribution in [2.24, 2.45) is 0 Å².